The number of hydrogen-bond acceptors (Lipinski definition) is 6. The second-order valence-corrected chi connectivity index (χ2v) is 7.59. The second-order valence-electron chi connectivity index (χ2n) is 7.59. The van der Waals surface area contributed by atoms with Gasteiger partial charge in [0.25, 0.3) is 0 Å². The summed E-state index contributed by atoms with van der Waals surface area (Å²) in [5, 5.41) is 10.4. The molecule has 6 nitrogen and oxygen atoms in total. The van der Waals surface area contributed by atoms with Gasteiger partial charge in [-0.1, -0.05) is 44.9 Å². The van der Waals surface area contributed by atoms with Crippen LogP contribution in [0.2, 0.25) is 0 Å². The van der Waals surface area contributed by atoms with Crippen LogP contribution in [0.3, 0.4) is 0 Å². The molecule has 2 unspecified atom stereocenters. The Labute approximate surface area is 155 Å². The number of hydrogen-bond donors (Lipinski definition) is 2. The fourth-order valence-electron chi connectivity index (χ4n) is 2.57. The van der Waals surface area contributed by atoms with E-state index in [1.807, 2.05) is 6.92 Å². The van der Waals surface area contributed by atoms with E-state index in [1.165, 1.54) is 0 Å². The standard InChI is InChI=1S/C20H31NO5/c1-6-10-14(2)13-16(17(22)19(24)25-20(3,4)5)21-26-18(23)15-11-8-7-9-12-15/h7-9,11-12,14,16-17,21-22H,6,10,13H2,1-5H3/t14?,16-,17?/m0/s1. The summed E-state index contributed by atoms with van der Waals surface area (Å²) < 4.78 is 5.24. The summed E-state index contributed by atoms with van der Waals surface area (Å²) in [7, 11) is 0. The molecular weight excluding hydrogens is 334 g/mol. The van der Waals surface area contributed by atoms with E-state index in [1.54, 1.807) is 51.1 Å². The number of esters is 1. The molecule has 26 heavy (non-hydrogen) atoms. The topological polar surface area (TPSA) is 84.9 Å². The molecule has 0 fully saturated rings. The van der Waals surface area contributed by atoms with Crippen LogP contribution in [0.5, 0.6) is 0 Å². The first-order chi connectivity index (χ1) is 12.1. The molecule has 146 valence electrons. The summed E-state index contributed by atoms with van der Waals surface area (Å²) in [6, 6.07) is 7.76. The van der Waals surface area contributed by atoms with Crippen molar-refractivity contribution < 1.29 is 24.3 Å². The Kier molecular flexibility index (Phi) is 8.75. The van der Waals surface area contributed by atoms with Gasteiger partial charge in [-0.2, -0.15) is 0 Å². The van der Waals surface area contributed by atoms with Crippen LogP contribution in [0.4, 0.5) is 0 Å². The molecule has 0 heterocycles. The van der Waals surface area contributed by atoms with Gasteiger partial charge < -0.3 is 14.7 Å². The van der Waals surface area contributed by atoms with Gasteiger partial charge in [-0.05, 0) is 45.2 Å². The minimum Gasteiger partial charge on any atom is -0.458 e. The smallest absolute Gasteiger partial charge is 0.356 e. The van der Waals surface area contributed by atoms with Gasteiger partial charge in [0.05, 0.1) is 11.6 Å². The summed E-state index contributed by atoms with van der Waals surface area (Å²) in [5.41, 5.74) is 2.25. The fourth-order valence-corrected chi connectivity index (χ4v) is 2.57. The molecule has 1 rings (SSSR count). The summed E-state index contributed by atoms with van der Waals surface area (Å²) in [4.78, 5) is 29.4. The van der Waals surface area contributed by atoms with Crippen molar-refractivity contribution in [2.24, 2.45) is 5.92 Å². The number of aliphatic hydroxyl groups excluding tert-OH is 1. The largest absolute Gasteiger partial charge is 0.458 e. The number of carbonyl (C=O) groups excluding carboxylic acids is 2. The maximum atomic E-state index is 12.2. The van der Waals surface area contributed by atoms with E-state index in [2.05, 4.69) is 12.4 Å². The van der Waals surface area contributed by atoms with Crippen LogP contribution in [-0.4, -0.2) is 34.8 Å². The monoisotopic (exact) mass is 365 g/mol. The first-order valence-corrected chi connectivity index (χ1v) is 9.06. The zero-order valence-electron chi connectivity index (χ0n) is 16.3. The first kappa shape index (κ1) is 22.1. The van der Waals surface area contributed by atoms with E-state index in [-0.39, 0.29) is 5.92 Å². The van der Waals surface area contributed by atoms with E-state index in [0.717, 1.165) is 12.8 Å². The lowest BCUT2D eigenvalue weighted by Gasteiger charge is -2.27. The number of carbonyl (C=O) groups is 2. The molecule has 0 saturated heterocycles. The second kappa shape index (κ2) is 10.3. The maximum Gasteiger partial charge on any atom is 0.356 e. The molecule has 0 amide bonds. The van der Waals surface area contributed by atoms with Crippen LogP contribution in [0, 0.1) is 5.92 Å². The Morgan fingerprint density at radius 1 is 1.19 bits per heavy atom. The molecule has 0 radical (unpaired) electrons. The number of aliphatic hydroxyl groups is 1. The fraction of sp³-hybridized carbons (Fsp3) is 0.600. The maximum absolute atomic E-state index is 12.2. The third-order valence-electron chi connectivity index (χ3n) is 3.78. The third-order valence-corrected chi connectivity index (χ3v) is 3.78. The Morgan fingerprint density at radius 2 is 1.81 bits per heavy atom. The predicted molar refractivity (Wildman–Crippen MR) is 99.3 cm³/mol. The molecule has 1 aromatic carbocycles. The van der Waals surface area contributed by atoms with Crippen LogP contribution >= 0.6 is 0 Å². The van der Waals surface area contributed by atoms with Crippen molar-refractivity contribution in [2.75, 3.05) is 0 Å². The van der Waals surface area contributed by atoms with Crippen molar-refractivity contribution in [3.8, 4) is 0 Å². The number of hydroxylamine groups is 1. The highest BCUT2D eigenvalue weighted by Gasteiger charge is 2.32. The van der Waals surface area contributed by atoms with Crippen LogP contribution in [0.15, 0.2) is 30.3 Å². The highest BCUT2D eigenvalue weighted by atomic mass is 16.7. The van der Waals surface area contributed by atoms with Crippen LogP contribution in [-0.2, 0) is 14.4 Å². The molecule has 3 atom stereocenters. The van der Waals surface area contributed by atoms with Gasteiger partial charge in [-0.25, -0.2) is 9.59 Å². The van der Waals surface area contributed by atoms with Crippen molar-refractivity contribution >= 4 is 11.9 Å². The summed E-state index contributed by atoms with van der Waals surface area (Å²) >= 11 is 0. The van der Waals surface area contributed by atoms with Crippen molar-refractivity contribution in [1.29, 1.82) is 0 Å². The number of rotatable bonds is 9. The molecule has 0 aromatic heterocycles. The van der Waals surface area contributed by atoms with E-state index in [9.17, 15) is 14.7 Å². The Bertz CT molecular complexity index is 567. The number of ether oxygens (including phenoxy) is 1. The average molecular weight is 365 g/mol. The lowest BCUT2D eigenvalue weighted by molar-refractivity contribution is -0.168. The summed E-state index contributed by atoms with van der Waals surface area (Å²) in [6.07, 6.45) is 0.958. The van der Waals surface area contributed by atoms with Gasteiger partial charge in [0.15, 0.2) is 6.10 Å². The minimum atomic E-state index is -1.43. The minimum absolute atomic E-state index is 0.241. The molecule has 0 spiro atoms. The highest BCUT2D eigenvalue weighted by molar-refractivity contribution is 5.89. The van der Waals surface area contributed by atoms with Crippen LogP contribution in [0.25, 0.3) is 0 Å². The normalized spacial score (nSPS) is 15.0. The third kappa shape index (κ3) is 7.97. The van der Waals surface area contributed by atoms with E-state index >= 15 is 0 Å². The zero-order chi connectivity index (χ0) is 19.7. The van der Waals surface area contributed by atoms with E-state index in [4.69, 9.17) is 9.57 Å². The van der Waals surface area contributed by atoms with Crippen LogP contribution < -0.4 is 5.48 Å². The molecular formula is C20H31NO5. The molecule has 0 saturated carbocycles. The van der Waals surface area contributed by atoms with E-state index in [0.29, 0.717) is 12.0 Å². The van der Waals surface area contributed by atoms with Gasteiger partial charge in [0.2, 0.25) is 0 Å². The first-order valence-electron chi connectivity index (χ1n) is 9.06. The highest BCUT2D eigenvalue weighted by Crippen LogP contribution is 2.17. The van der Waals surface area contributed by atoms with Gasteiger partial charge in [-0.15, -0.1) is 5.48 Å². The Balaban J connectivity index is 2.77. The lowest BCUT2D eigenvalue weighted by Crippen LogP contribution is -2.48. The molecule has 0 bridgehead atoms. The van der Waals surface area contributed by atoms with Crippen LogP contribution in [0.1, 0.15) is 64.2 Å². The predicted octanol–water partition coefficient (Wildman–Crippen LogP) is 3.25. The average Bonchev–Trinajstić information content (AvgIpc) is 2.57. The molecule has 2 N–H and O–H groups in total. The number of benzene rings is 1. The van der Waals surface area contributed by atoms with E-state index < -0.39 is 29.7 Å². The lowest BCUT2D eigenvalue weighted by atomic mass is 9.94. The summed E-state index contributed by atoms with van der Waals surface area (Å²) in [5.74, 6) is -1.07. The van der Waals surface area contributed by atoms with Gasteiger partial charge in [0.1, 0.15) is 5.60 Å². The van der Waals surface area contributed by atoms with Gasteiger partial charge in [0, 0.05) is 0 Å². The number of nitrogens with one attached hydrogen (secondary N) is 1. The molecule has 6 heteroatoms. The van der Waals surface area contributed by atoms with Crippen molar-refractivity contribution in [3.63, 3.8) is 0 Å². The molecule has 1 aromatic rings. The SMILES string of the molecule is CCCC(C)C[C@H](NOC(=O)c1ccccc1)C(O)C(=O)OC(C)(C)C. The Morgan fingerprint density at radius 3 is 2.35 bits per heavy atom. The molecule has 0 aliphatic rings. The van der Waals surface area contributed by atoms with Gasteiger partial charge >= 0.3 is 11.9 Å². The Hall–Kier alpha value is -1.92. The quantitative estimate of drug-likeness (QED) is 0.516. The van der Waals surface area contributed by atoms with Gasteiger partial charge in [-0.3, -0.25) is 0 Å². The zero-order valence-corrected chi connectivity index (χ0v) is 16.3. The summed E-state index contributed by atoms with van der Waals surface area (Å²) in [6.45, 7) is 9.29. The van der Waals surface area contributed by atoms with Crippen molar-refractivity contribution in [2.45, 2.75) is 71.6 Å². The van der Waals surface area contributed by atoms with Crippen molar-refractivity contribution in [3.05, 3.63) is 35.9 Å². The van der Waals surface area contributed by atoms with Crippen molar-refractivity contribution in [1.82, 2.24) is 5.48 Å². The molecule has 0 aliphatic heterocycles. The molecule has 0 aliphatic carbocycles.